The third-order valence-electron chi connectivity index (χ3n) is 3.48. The lowest BCUT2D eigenvalue weighted by Gasteiger charge is -2.24. The molecule has 0 saturated carbocycles. The van der Waals surface area contributed by atoms with Crippen LogP contribution in [0.15, 0.2) is 36.5 Å². The minimum absolute atomic E-state index is 0. The molecule has 3 nitrogen and oxygen atoms in total. The number of thiazole rings is 1. The Hall–Kier alpha value is -1.10. The molecule has 5 heteroatoms. The quantitative estimate of drug-likeness (QED) is 0.942. The molecule has 2 heterocycles. The van der Waals surface area contributed by atoms with Crippen LogP contribution in [-0.4, -0.2) is 16.4 Å². The zero-order valence-corrected chi connectivity index (χ0v) is 12.3. The highest BCUT2D eigenvalue weighted by molar-refractivity contribution is 7.15. The van der Waals surface area contributed by atoms with E-state index in [1.165, 1.54) is 23.3 Å². The molecule has 1 atom stereocenters. The second-order valence-electron chi connectivity index (χ2n) is 4.70. The number of hydrogen-bond donors (Lipinski definition) is 1. The van der Waals surface area contributed by atoms with Crippen LogP contribution in [0.25, 0.3) is 0 Å². The molecule has 1 saturated heterocycles. The second-order valence-corrected chi connectivity index (χ2v) is 5.85. The first-order valence-corrected chi connectivity index (χ1v) is 7.14. The summed E-state index contributed by atoms with van der Waals surface area (Å²) in [4.78, 5) is 7.92. The molecule has 3 rings (SSSR count). The molecule has 1 fully saturated rings. The van der Waals surface area contributed by atoms with Crippen LogP contribution in [0, 0.1) is 0 Å². The van der Waals surface area contributed by atoms with E-state index >= 15 is 0 Å². The maximum atomic E-state index is 5.69. The fourth-order valence-corrected chi connectivity index (χ4v) is 3.37. The van der Waals surface area contributed by atoms with Crippen LogP contribution in [0.3, 0.4) is 0 Å². The summed E-state index contributed by atoms with van der Waals surface area (Å²) in [5, 5.41) is 0.667. The van der Waals surface area contributed by atoms with Crippen LogP contribution < -0.4 is 5.73 Å². The van der Waals surface area contributed by atoms with E-state index in [1.807, 2.05) is 6.20 Å². The van der Waals surface area contributed by atoms with E-state index in [0.717, 1.165) is 13.1 Å². The van der Waals surface area contributed by atoms with Crippen molar-refractivity contribution >= 4 is 28.9 Å². The van der Waals surface area contributed by atoms with Gasteiger partial charge in [-0.3, -0.25) is 4.90 Å². The number of nitrogen functional groups attached to an aromatic ring is 1. The Balaban J connectivity index is 0.00000133. The fraction of sp³-hybridized carbons (Fsp3) is 0.357. The molecule has 0 spiro atoms. The zero-order valence-electron chi connectivity index (χ0n) is 10.7. The van der Waals surface area contributed by atoms with Gasteiger partial charge < -0.3 is 5.73 Å². The van der Waals surface area contributed by atoms with Gasteiger partial charge in [-0.2, -0.15) is 0 Å². The molecule has 102 valence electrons. The van der Waals surface area contributed by atoms with Crippen LogP contribution in [-0.2, 0) is 6.54 Å². The van der Waals surface area contributed by atoms with Crippen molar-refractivity contribution in [1.82, 2.24) is 9.88 Å². The molecule has 2 N–H and O–H groups in total. The van der Waals surface area contributed by atoms with E-state index in [9.17, 15) is 0 Å². The Morgan fingerprint density at radius 1 is 1.32 bits per heavy atom. The van der Waals surface area contributed by atoms with E-state index in [-0.39, 0.29) is 12.4 Å². The van der Waals surface area contributed by atoms with Crippen LogP contribution in [0.1, 0.15) is 29.3 Å². The van der Waals surface area contributed by atoms with Gasteiger partial charge in [0.05, 0.1) is 0 Å². The molecular formula is C14H18ClN3S. The molecule has 1 aliphatic rings. The molecule has 1 unspecified atom stereocenters. The first kappa shape index (κ1) is 14.3. The SMILES string of the molecule is Cl.Nc1ncc(CN2CCCC2c2ccccc2)s1. The fourth-order valence-electron chi connectivity index (χ4n) is 2.66. The van der Waals surface area contributed by atoms with E-state index in [2.05, 4.69) is 40.2 Å². The Bertz CT molecular complexity index is 514. The van der Waals surface area contributed by atoms with Gasteiger partial charge in [-0.05, 0) is 24.9 Å². The van der Waals surface area contributed by atoms with Crippen LogP contribution >= 0.6 is 23.7 Å². The molecule has 1 aromatic heterocycles. The van der Waals surface area contributed by atoms with E-state index in [4.69, 9.17) is 5.73 Å². The highest BCUT2D eigenvalue weighted by Gasteiger charge is 2.26. The number of nitrogens with two attached hydrogens (primary N) is 1. The summed E-state index contributed by atoms with van der Waals surface area (Å²) in [6.07, 6.45) is 4.42. The highest BCUT2D eigenvalue weighted by atomic mass is 35.5. The molecule has 1 aromatic carbocycles. The monoisotopic (exact) mass is 295 g/mol. The smallest absolute Gasteiger partial charge is 0.180 e. The van der Waals surface area contributed by atoms with E-state index in [1.54, 1.807) is 11.3 Å². The Morgan fingerprint density at radius 2 is 2.11 bits per heavy atom. The lowest BCUT2D eigenvalue weighted by atomic mass is 10.0. The number of likely N-dealkylation sites (tertiary alicyclic amines) is 1. The lowest BCUT2D eigenvalue weighted by Crippen LogP contribution is -2.22. The van der Waals surface area contributed by atoms with Crippen molar-refractivity contribution in [2.24, 2.45) is 0 Å². The Labute approximate surface area is 123 Å². The first-order valence-electron chi connectivity index (χ1n) is 6.32. The molecule has 0 aliphatic carbocycles. The lowest BCUT2D eigenvalue weighted by molar-refractivity contribution is 0.250. The number of aromatic nitrogens is 1. The largest absolute Gasteiger partial charge is 0.375 e. The van der Waals surface area contributed by atoms with E-state index in [0.29, 0.717) is 11.2 Å². The average Bonchev–Trinajstić information content (AvgIpc) is 3.00. The summed E-state index contributed by atoms with van der Waals surface area (Å²) in [7, 11) is 0. The van der Waals surface area contributed by atoms with Crippen LogP contribution in [0.5, 0.6) is 0 Å². The molecule has 1 aliphatic heterocycles. The number of halogens is 1. The third-order valence-corrected chi connectivity index (χ3v) is 4.29. The Morgan fingerprint density at radius 3 is 2.79 bits per heavy atom. The maximum Gasteiger partial charge on any atom is 0.180 e. The van der Waals surface area contributed by atoms with Crippen molar-refractivity contribution in [2.45, 2.75) is 25.4 Å². The van der Waals surface area contributed by atoms with Gasteiger partial charge in [-0.25, -0.2) is 4.98 Å². The number of nitrogens with zero attached hydrogens (tertiary/aromatic N) is 2. The van der Waals surface area contributed by atoms with Crippen LogP contribution in [0.2, 0.25) is 0 Å². The summed E-state index contributed by atoms with van der Waals surface area (Å²) < 4.78 is 0. The minimum Gasteiger partial charge on any atom is -0.375 e. The maximum absolute atomic E-state index is 5.69. The van der Waals surface area contributed by atoms with Crippen molar-refractivity contribution in [3.8, 4) is 0 Å². The molecule has 0 amide bonds. The summed E-state index contributed by atoms with van der Waals surface area (Å²) in [6.45, 7) is 2.13. The minimum atomic E-state index is 0. The summed E-state index contributed by atoms with van der Waals surface area (Å²) >= 11 is 1.60. The van der Waals surface area contributed by atoms with Gasteiger partial charge in [0.25, 0.3) is 0 Å². The summed E-state index contributed by atoms with van der Waals surface area (Å²) in [5.41, 5.74) is 7.11. The van der Waals surface area contributed by atoms with Gasteiger partial charge in [0.2, 0.25) is 0 Å². The number of benzene rings is 1. The van der Waals surface area contributed by atoms with Gasteiger partial charge in [0, 0.05) is 23.7 Å². The van der Waals surface area contributed by atoms with Gasteiger partial charge in [0.1, 0.15) is 0 Å². The average molecular weight is 296 g/mol. The molecule has 0 bridgehead atoms. The van der Waals surface area contributed by atoms with Gasteiger partial charge >= 0.3 is 0 Å². The highest BCUT2D eigenvalue weighted by Crippen LogP contribution is 2.33. The zero-order chi connectivity index (χ0) is 12.4. The van der Waals surface area contributed by atoms with E-state index < -0.39 is 0 Å². The van der Waals surface area contributed by atoms with Crippen molar-refractivity contribution in [3.05, 3.63) is 47.0 Å². The third kappa shape index (κ3) is 3.26. The number of anilines is 1. The normalized spacial score (nSPS) is 19.3. The van der Waals surface area contributed by atoms with Crippen LogP contribution in [0.4, 0.5) is 5.13 Å². The second kappa shape index (κ2) is 6.37. The van der Waals surface area contributed by atoms with Crippen molar-refractivity contribution < 1.29 is 0 Å². The first-order chi connectivity index (χ1) is 8.83. The standard InChI is InChI=1S/C14H17N3S.ClH/c15-14-16-9-12(18-14)10-17-8-4-7-13(17)11-5-2-1-3-6-11;/h1-3,5-6,9,13H,4,7-8,10H2,(H2,15,16);1H. The van der Waals surface area contributed by atoms with Crippen molar-refractivity contribution in [3.63, 3.8) is 0 Å². The molecule has 2 aromatic rings. The predicted molar refractivity (Wildman–Crippen MR) is 82.6 cm³/mol. The predicted octanol–water partition coefficient (Wildman–Crippen LogP) is 3.48. The molecule has 0 radical (unpaired) electrons. The van der Waals surface area contributed by atoms with Gasteiger partial charge in [-0.15, -0.1) is 23.7 Å². The van der Waals surface area contributed by atoms with Gasteiger partial charge in [-0.1, -0.05) is 30.3 Å². The van der Waals surface area contributed by atoms with Crippen molar-refractivity contribution in [2.75, 3.05) is 12.3 Å². The summed E-state index contributed by atoms with van der Waals surface area (Å²) in [6, 6.07) is 11.3. The summed E-state index contributed by atoms with van der Waals surface area (Å²) in [5.74, 6) is 0. The number of hydrogen-bond acceptors (Lipinski definition) is 4. The van der Waals surface area contributed by atoms with Crippen molar-refractivity contribution in [1.29, 1.82) is 0 Å². The molecule has 19 heavy (non-hydrogen) atoms. The van der Waals surface area contributed by atoms with Gasteiger partial charge in [0.15, 0.2) is 5.13 Å². The number of rotatable bonds is 3. The topological polar surface area (TPSA) is 42.1 Å². The Kier molecular flexibility index (Phi) is 4.80. The molecular weight excluding hydrogens is 278 g/mol.